The first-order valence-electron chi connectivity index (χ1n) is 7.17. The Balaban J connectivity index is 1.93. The standard InChI is InChI=1S/C18H13FN2O3/c1-11-15(10-13-4-2-3-5-16(13)19)17(22)21(20-11)14-8-6-12(7-9-14)18(23)24/h2-10H,1H3,(H,23,24)/b15-10+. The van der Waals surface area contributed by atoms with Crippen molar-refractivity contribution >= 4 is 29.4 Å². The summed E-state index contributed by atoms with van der Waals surface area (Å²) >= 11 is 0. The van der Waals surface area contributed by atoms with Crippen molar-refractivity contribution in [3.8, 4) is 0 Å². The van der Waals surface area contributed by atoms with Gasteiger partial charge >= 0.3 is 5.97 Å². The number of carboxylic acid groups (broad SMARTS) is 1. The Hall–Kier alpha value is -3.28. The molecule has 6 heteroatoms. The molecule has 24 heavy (non-hydrogen) atoms. The Morgan fingerprint density at radius 1 is 1.17 bits per heavy atom. The molecule has 0 spiro atoms. The summed E-state index contributed by atoms with van der Waals surface area (Å²) < 4.78 is 13.8. The lowest BCUT2D eigenvalue weighted by atomic mass is 10.1. The molecule has 0 fully saturated rings. The van der Waals surface area contributed by atoms with Crippen LogP contribution in [0, 0.1) is 5.82 Å². The molecule has 5 nitrogen and oxygen atoms in total. The molecule has 1 aliphatic heterocycles. The molecule has 2 aromatic rings. The highest BCUT2D eigenvalue weighted by Gasteiger charge is 2.29. The van der Waals surface area contributed by atoms with Crippen LogP contribution in [0.2, 0.25) is 0 Å². The molecule has 1 aliphatic rings. The second kappa shape index (κ2) is 6.08. The molecule has 0 bridgehead atoms. The zero-order valence-corrected chi connectivity index (χ0v) is 12.7. The van der Waals surface area contributed by atoms with Gasteiger partial charge in [-0.3, -0.25) is 4.79 Å². The zero-order valence-electron chi connectivity index (χ0n) is 12.7. The lowest BCUT2D eigenvalue weighted by Crippen LogP contribution is -2.21. The van der Waals surface area contributed by atoms with E-state index >= 15 is 0 Å². The number of hydrogen-bond acceptors (Lipinski definition) is 3. The van der Waals surface area contributed by atoms with Gasteiger partial charge in [-0.2, -0.15) is 10.1 Å². The molecule has 2 aromatic carbocycles. The summed E-state index contributed by atoms with van der Waals surface area (Å²) in [6.07, 6.45) is 1.46. The minimum absolute atomic E-state index is 0.119. The average molecular weight is 324 g/mol. The average Bonchev–Trinajstić information content (AvgIpc) is 2.85. The van der Waals surface area contributed by atoms with E-state index in [4.69, 9.17) is 5.11 Å². The summed E-state index contributed by atoms with van der Waals surface area (Å²) in [5.74, 6) is -1.86. The first kappa shape index (κ1) is 15.6. The SMILES string of the molecule is CC1=NN(c2ccc(C(=O)O)cc2)C(=O)/C1=C/c1ccccc1F. The van der Waals surface area contributed by atoms with E-state index in [2.05, 4.69) is 5.10 Å². The highest BCUT2D eigenvalue weighted by Crippen LogP contribution is 2.25. The molecule has 0 saturated heterocycles. The first-order chi connectivity index (χ1) is 11.5. The second-order valence-corrected chi connectivity index (χ2v) is 5.23. The van der Waals surface area contributed by atoms with Crippen LogP contribution in [-0.4, -0.2) is 22.7 Å². The fraction of sp³-hybridized carbons (Fsp3) is 0.0556. The molecule has 0 unspecified atom stereocenters. The number of anilines is 1. The molecule has 120 valence electrons. The van der Waals surface area contributed by atoms with Crippen molar-refractivity contribution in [2.75, 3.05) is 5.01 Å². The highest BCUT2D eigenvalue weighted by molar-refractivity contribution is 6.32. The third-order valence-corrected chi connectivity index (χ3v) is 3.63. The summed E-state index contributed by atoms with van der Waals surface area (Å²) in [5.41, 5.74) is 1.63. The fourth-order valence-electron chi connectivity index (χ4n) is 2.35. The number of halogens is 1. The number of rotatable bonds is 3. The van der Waals surface area contributed by atoms with Crippen LogP contribution in [0.1, 0.15) is 22.8 Å². The number of hydrogen-bond donors (Lipinski definition) is 1. The van der Waals surface area contributed by atoms with Crippen molar-refractivity contribution < 1.29 is 19.1 Å². The molecule has 0 saturated carbocycles. The second-order valence-electron chi connectivity index (χ2n) is 5.23. The van der Waals surface area contributed by atoms with E-state index in [9.17, 15) is 14.0 Å². The maximum Gasteiger partial charge on any atom is 0.335 e. The van der Waals surface area contributed by atoms with Crippen molar-refractivity contribution in [3.05, 3.63) is 71.0 Å². The first-order valence-corrected chi connectivity index (χ1v) is 7.17. The van der Waals surface area contributed by atoms with Gasteiger partial charge in [0, 0.05) is 5.56 Å². The molecular formula is C18H13FN2O3. The molecule has 0 atom stereocenters. The normalized spacial score (nSPS) is 15.8. The Bertz CT molecular complexity index is 885. The van der Waals surface area contributed by atoms with Crippen LogP contribution in [0.3, 0.4) is 0 Å². The lowest BCUT2D eigenvalue weighted by molar-refractivity contribution is -0.114. The van der Waals surface area contributed by atoms with Gasteiger partial charge in [-0.1, -0.05) is 18.2 Å². The summed E-state index contributed by atoms with van der Waals surface area (Å²) in [5, 5.41) is 14.3. The number of amides is 1. The van der Waals surface area contributed by atoms with E-state index in [1.165, 1.54) is 41.4 Å². The minimum Gasteiger partial charge on any atom is -0.478 e. The van der Waals surface area contributed by atoms with Gasteiger partial charge in [-0.05, 0) is 43.3 Å². The van der Waals surface area contributed by atoms with Crippen LogP contribution < -0.4 is 5.01 Å². The molecule has 0 radical (unpaired) electrons. The van der Waals surface area contributed by atoms with Gasteiger partial charge in [0.1, 0.15) is 5.82 Å². The number of carboxylic acids is 1. The minimum atomic E-state index is -1.05. The van der Waals surface area contributed by atoms with E-state index in [-0.39, 0.29) is 11.5 Å². The fourth-order valence-corrected chi connectivity index (χ4v) is 2.35. The van der Waals surface area contributed by atoms with Crippen LogP contribution in [0.5, 0.6) is 0 Å². The van der Waals surface area contributed by atoms with Gasteiger partial charge < -0.3 is 5.11 Å². The van der Waals surface area contributed by atoms with Gasteiger partial charge in [-0.25, -0.2) is 9.18 Å². The smallest absolute Gasteiger partial charge is 0.335 e. The Labute approximate surface area is 137 Å². The molecule has 3 rings (SSSR count). The largest absolute Gasteiger partial charge is 0.478 e. The summed E-state index contributed by atoms with van der Waals surface area (Å²) in [6, 6.07) is 12.0. The van der Waals surface area contributed by atoms with Gasteiger partial charge in [-0.15, -0.1) is 0 Å². The third-order valence-electron chi connectivity index (χ3n) is 3.63. The van der Waals surface area contributed by atoms with Crippen molar-refractivity contribution in [2.45, 2.75) is 6.92 Å². The number of carbonyl (C=O) groups excluding carboxylic acids is 1. The van der Waals surface area contributed by atoms with Crippen molar-refractivity contribution in [1.82, 2.24) is 0 Å². The maximum absolute atomic E-state index is 13.8. The lowest BCUT2D eigenvalue weighted by Gasteiger charge is -2.11. The van der Waals surface area contributed by atoms with E-state index in [0.717, 1.165) is 0 Å². The predicted octanol–water partition coefficient (Wildman–Crippen LogP) is 3.33. The molecule has 1 heterocycles. The van der Waals surface area contributed by atoms with Crippen molar-refractivity contribution in [2.24, 2.45) is 5.10 Å². The monoisotopic (exact) mass is 324 g/mol. The van der Waals surface area contributed by atoms with E-state index in [0.29, 0.717) is 22.5 Å². The number of nitrogens with zero attached hydrogens (tertiary/aromatic N) is 2. The number of hydrazone groups is 1. The van der Waals surface area contributed by atoms with Crippen LogP contribution in [0.4, 0.5) is 10.1 Å². The maximum atomic E-state index is 13.8. The van der Waals surface area contributed by atoms with Crippen molar-refractivity contribution in [1.29, 1.82) is 0 Å². The van der Waals surface area contributed by atoms with E-state index < -0.39 is 11.8 Å². The Kier molecular flexibility index (Phi) is 3.95. The molecule has 1 amide bonds. The third kappa shape index (κ3) is 2.81. The summed E-state index contributed by atoms with van der Waals surface area (Å²) in [6.45, 7) is 1.66. The topological polar surface area (TPSA) is 70.0 Å². The number of carbonyl (C=O) groups is 2. The number of aromatic carboxylic acids is 1. The zero-order chi connectivity index (χ0) is 17.3. The van der Waals surface area contributed by atoms with Gasteiger partial charge in [0.25, 0.3) is 5.91 Å². The quantitative estimate of drug-likeness (QED) is 0.880. The van der Waals surface area contributed by atoms with Crippen LogP contribution in [-0.2, 0) is 4.79 Å². The molecular weight excluding hydrogens is 311 g/mol. The molecule has 0 aromatic heterocycles. The van der Waals surface area contributed by atoms with Crippen LogP contribution >= 0.6 is 0 Å². The number of benzene rings is 2. The summed E-state index contributed by atoms with van der Waals surface area (Å²) in [7, 11) is 0. The van der Waals surface area contributed by atoms with Gasteiger partial charge in [0.2, 0.25) is 0 Å². The van der Waals surface area contributed by atoms with Gasteiger partial charge in [0.15, 0.2) is 0 Å². The molecule has 1 N–H and O–H groups in total. The van der Waals surface area contributed by atoms with Crippen molar-refractivity contribution in [3.63, 3.8) is 0 Å². The summed E-state index contributed by atoms with van der Waals surface area (Å²) in [4.78, 5) is 23.4. The van der Waals surface area contributed by atoms with Crippen LogP contribution in [0.15, 0.2) is 59.2 Å². The predicted molar refractivity (Wildman–Crippen MR) is 88.4 cm³/mol. The van der Waals surface area contributed by atoms with E-state index in [1.807, 2.05) is 0 Å². The Morgan fingerprint density at radius 2 is 1.83 bits per heavy atom. The van der Waals surface area contributed by atoms with Gasteiger partial charge in [0.05, 0.1) is 22.5 Å². The van der Waals surface area contributed by atoms with E-state index in [1.54, 1.807) is 25.1 Å². The Morgan fingerprint density at radius 3 is 2.46 bits per heavy atom. The highest BCUT2D eigenvalue weighted by atomic mass is 19.1. The van der Waals surface area contributed by atoms with Crippen LogP contribution in [0.25, 0.3) is 6.08 Å². The molecule has 0 aliphatic carbocycles.